The van der Waals surface area contributed by atoms with Crippen molar-refractivity contribution in [3.8, 4) is 5.75 Å². The average molecular weight is 241 g/mol. The Labute approximate surface area is 104 Å². The van der Waals surface area contributed by atoms with Gasteiger partial charge < -0.3 is 4.74 Å². The fraction of sp³-hybridized carbons (Fsp3) is 0.571. The molecule has 1 aromatic carbocycles. The van der Waals surface area contributed by atoms with Crippen LogP contribution in [0.15, 0.2) is 24.3 Å². The van der Waals surface area contributed by atoms with Crippen molar-refractivity contribution < 1.29 is 4.74 Å². The van der Waals surface area contributed by atoms with Crippen molar-refractivity contribution in [2.45, 2.75) is 44.9 Å². The molecule has 0 aliphatic carbocycles. The molecule has 0 heterocycles. The molecule has 0 saturated heterocycles. The van der Waals surface area contributed by atoms with E-state index in [4.69, 9.17) is 16.3 Å². The van der Waals surface area contributed by atoms with Crippen LogP contribution in [-0.4, -0.2) is 12.0 Å². The summed E-state index contributed by atoms with van der Waals surface area (Å²) < 4.78 is 5.43. The van der Waals surface area contributed by atoms with Gasteiger partial charge in [-0.05, 0) is 43.4 Å². The molecule has 0 spiro atoms. The molecule has 0 N–H and O–H groups in total. The molecule has 2 heteroatoms. The van der Waals surface area contributed by atoms with Crippen LogP contribution in [0.4, 0.5) is 0 Å². The molecule has 0 amide bonds. The van der Waals surface area contributed by atoms with Crippen molar-refractivity contribution in [1.82, 2.24) is 0 Å². The predicted molar refractivity (Wildman–Crippen MR) is 70.6 cm³/mol. The highest BCUT2D eigenvalue weighted by Gasteiger charge is 2.22. The molecule has 0 fully saturated rings. The molecule has 1 aromatic rings. The number of halogens is 1. The Balaban J connectivity index is 2.79. The molecule has 0 aliphatic heterocycles. The van der Waals surface area contributed by atoms with Crippen molar-refractivity contribution in [3.05, 3.63) is 29.8 Å². The van der Waals surface area contributed by atoms with Crippen molar-refractivity contribution in [2.75, 3.05) is 6.61 Å². The minimum absolute atomic E-state index is 0.117. The Morgan fingerprint density at radius 1 is 1.25 bits per heavy atom. The summed E-state index contributed by atoms with van der Waals surface area (Å²) in [5, 5.41) is 0.196. The van der Waals surface area contributed by atoms with Gasteiger partial charge in [0.05, 0.1) is 6.61 Å². The van der Waals surface area contributed by atoms with Crippen LogP contribution in [0.25, 0.3) is 0 Å². The lowest BCUT2D eigenvalue weighted by Gasteiger charge is -2.26. The van der Waals surface area contributed by atoms with Gasteiger partial charge in [-0.3, -0.25) is 0 Å². The van der Waals surface area contributed by atoms with Crippen LogP contribution in [0.1, 0.15) is 39.7 Å². The maximum absolute atomic E-state index is 6.07. The van der Waals surface area contributed by atoms with E-state index in [1.165, 1.54) is 5.56 Å². The van der Waals surface area contributed by atoms with Gasteiger partial charge in [-0.1, -0.05) is 26.0 Å². The van der Waals surface area contributed by atoms with Gasteiger partial charge in [-0.15, -0.1) is 11.6 Å². The first-order valence-electron chi connectivity index (χ1n) is 5.83. The molecule has 0 bridgehead atoms. The van der Waals surface area contributed by atoms with E-state index in [1.54, 1.807) is 0 Å². The third-order valence-electron chi connectivity index (χ3n) is 2.74. The van der Waals surface area contributed by atoms with E-state index in [0.29, 0.717) is 6.61 Å². The van der Waals surface area contributed by atoms with Gasteiger partial charge in [0.2, 0.25) is 0 Å². The zero-order chi connectivity index (χ0) is 12.2. The summed E-state index contributed by atoms with van der Waals surface area (Å²) in [6.45, 7) is 9.19. The molecule has 0 aliphatic rings. The quantitative estimate of drug-likeness (QED) is 0.694. The highest BCUT2D eigenvalue weighted by molar-refractivity contribution is 6.20. The monoisotopic (exact) mass is 240 g/mol. The molecule has 1 nitrogen and oxygen atoms in total. The molecule has 1 rings (SSSR count). The van der Waals surface area contributed by atoms with Gasteiger partial charge in [0, 0.05) is 5.38 Å². The fourth-order valence-corrected chi connectivity index (χ4v) is 2.38. The number of ether oxygens (including phenoxy) is 1. The lowest BCUT2D eigenvalue weighted by atomic mass is 9.80. The Kier molecular flexibility index (Phi) is 4.67. The van der Waals surface area contributed by atoms with Crippen molar-refractivity contribution >= 4 is 11.6 Å². The van der Waals surface area contributed by atoms with Crippen LogP contribution in [-0.2, 0) is 5.41 Å². The number of benzene rings is 1. The zero-order valence-electron chi connectivity index (χ0n) is 10.6. The molecular formula is C14H21ClO. The first-order valence-corrected chi connectivity index (χ1v) is 6.27. The van der Waals surface area contributed by atoms with Crippen LogP contribution >= 0.6 is 11.6 Å². The Hall–Kier alpha value is -0.690. The summed E-state index contributed by atoms with van der Waals surface area (Å²) in [6.07, 6.45) is 0.975. The standard InChI is InChI=1S/C14H21ClO/c1-5-16-13-8-6-12(7-9-13)14(3,4)10-11(2)15/h6-9,11H,5,10H2,1-4H3. The van der Waals surface area contributed by atoms with Crippen LogP contribution in [0.5, 0.6) is 5.75 Å². The molecule has 0 saturated carbocycles. The van der Waals surface area contributed by atoms with Gasteiger partial charge in [0.1, 0.15) is 5.75 Å². The topological polar surface area (TPSA) is 9.23 Å². The molecule has 0 aromatic heterocycles. The number of hydrogen-bond donors (Lipinski definition) is 0. The summed E-state index contributed by atoms with van der Waals surface area (Å²) in [5.74, 6) is 0.931. The van der Waals surface area contributed by atoms with E-state index in [1.807, 2.05) is 26.0 Å². The number of rotatable bonds is 5. The normalized spacial score (nSPS) is 13.6. The highest BCUT2D eigenvalue weighted by atomic mass is 35.5. The molecule has 90 valence electrons. The molecular weight excluding hydrogens is 220 g/mol. The van der Waals surface area contributed by atoms with E-state index in [-0.39, 0.29) is 10.8 Å². The highest BCUT2D eigenvalue weighted by Crippen LogP contribution is 2.31. The summed E-state index contributed by atoms with van der Waals surface area (Å²) in [5.41, 5.74) is 1.43. The Morgan fingerprint density at radius 3 is 2.25 bits per heavy atom. The van der Waals surface area contributed by atoms with Crippen molar-refractivity contribution in [3.63, 3.8) is 0 Å². The lowest BCUT2D eigenvalue weighted by molar-refractivity contribution is 0.340. The summed E-state index contributed by atoms with van der Waals surface area (Å²) >= 11 is 6.07. The van der Waals surface area contributed by atoms with E-state index in [0.717, 1.165) is 12.2 Å². The van der Waals surface area contributed by atoms with Crippen molar-refractivity contribution in [2.24, 2.45) is 0 Å². The molecule has 1 unspecified atom stereocenters. The number of alkyl halides is 1. The first kappa shape index (κ1) is 13.4. The molecule has 1 atom stereocenters. The fourth-order valence-electron chi connectivity index (χ4n) is 1.99. The largest absolute Gasteiger partial charge is 0.494 e. The van der Waals surface area contributed by atoms with Crippen LogP contribution < -0.4 is 4.74 Å². The maximum Gasteiger partial charge on any atom is 0.119 e. The van der Waals surface area contributed by atoms with Gasteiger partial charge in [0.25, 0.3) is 0 Å². The Morgan fingerprint density at radius 2 is 1.81 bits per heavy atom. The van der Waals surface area contributed by atoms with Crippen LogP contribution in [0.2, 0.25) is 0 Å². The second-order valence-corrected chi connectivity index (χ2v) is 5.57. The van der Waals surface area contributed by atoms with Gasteiger partial charge in [0.15, 0.2) is 0 Å². The van der Waals surface area contributed by atoms with Gasteiger partial charge in [-0.2, -0.15) is 0 Å². The summed E-state index contributed by atoms with van der Waals surface area (Å²) in [4.78, 5) is 0. The molecule has 0 radical (unpaired) electrons. The van der Waals surface area contributed by atoms with Crippen molar-refractivity contribution in [1.29, 1.82) is 0 Å². The first-order chi connectivity index (χ1) is 7.45. The predicted octanol–water partition coefficient (Wildman–Crippen LogP) is 4.38. The van der Waals surface area contributed by atoms with Crippen LogP contribution in [0, 0.1) is 0 Å². The van der Waals surface area contributed by atoms with Gasteiger partial charge in [-0.25, -0.2) is 0 Å². The Bertz CT molecular complexity index is 314. The van der Waals surface area contributed by atoms with E-state index >= 15 is 0 Å². The second-order valence-electron chi connectivity index (χ2n) is 4.83. The zero-order valence-corrected chi connectivity index (χ0v) is 11.3. The number of hydrogen-bond acceptors (Lipinski definition) is 1. The summed E-state index contributed by atoms with van der Waals surface area (Å²) in [7, 11) is 0. The maximum atomic E-state index is 6.07. The van der Waals surface area contributed by atoms with E-state index < -0.39 is 0 Å². The smallest absolute Gasteiger partial charge is 0.119 e. The van der Waals surface area contributed by atoms with Gasteiger partial charge >= 0.3 is 0 Å². The average Bonchev–Trinajstić information content (AvgIpc) is 2.17. The minimum Gasteiger partial charge on any atom is -0.494 e. The molecule has 16 heavy (non-hydrogen) atoms. The van der Waals surface area contributed by atoms with E-state index in [2.05, 4.69) is 26.0 Å². The summed E-state index contributed by atoms with van der Waals surface area (Å²) in [6, 6.07) is 8.31. The third-order valence-corrected chi connectivity index (χ3v) is 2.89. The van der Waals surface area contributed by atoms with E-state index in [9.17, 15) is 0 Å². The van der Waals surface area contributed by atoms with Crippen LogP contribution in [0.3, 0.4) is 0 Å². The SMILES string of the molecule is CCOc1ccc(C(C)(C)CC(C)Cl)cc1. The minimum atomic E-state index is 0.117. The second kappa shape index (κ2) is 5.58. The lowest BCUT2D eigenvalue weighted by Crippen LogP contribution is -2.20. The third kappa shape index (κ3) is 3.71.